The van der Waals surface area contributed by atoms with E-state index in [1.165, 1.54) is 0 Å². The maximum Gasteiger partial charge on any atom is 0.231 e. The number of benzene rings is 1. The fraction of sp³-hybridized carbons (Fsp3) is 0.375. The van der Waals surface area contributed by atoms with Gasteiger partial charge in [-0.15, -0.1) is 0 Å². The second kappa shape index (κ2) is 8.49. The van der Waals surface area contributed by atoms with Crippen LogP contribution >= 0.6 is 0 Å². The first-order valence-electron chi connectivity index (χ1n) is 11.4. The number of fused-ring (bicyclic) bond motifs is 1. The lowest BCUT2D eigenvalue weighted by molar-refractivity contribution is 0.122. The molecule has 170 valence electrons. The summed E-state index contributed by atoms with van der Waals surface area (Å²) < 4.78 is 11.9. The number of morpholine rings is 1. The summed E-state index contributed by atoms with van der Waals surface area (Å²) in [4.78, 5) is 14.2. The maximum atomic E-state index is 6.37. The van der Waals surface area contributed by atoms with Crippen molar-refractivity contribution in [3.8, 4) is 11.3 Å². The summed E-state index contributed by atoms with van der Waals surface area (Å²) in [7, 11) is 2.15. The van der Waals surface area contributed by atoms with Crippen LogP contribution < -0.4 is 10.2 Å². The molecule has 6 rings (SSSR count). The van der Waals surface area contributed by atoms with E-state index >= 15 is 0 Å². The van der Waals surface area contributed by atoms with Gasteiger partial charge in [-0.1, -0.05) is 30.3 Å². The molecule has 0 bridgehead atoms. The highest BCUT2D eigenvalue weighted by Gasteiger charge is 2.27. The smallest absolute Gasteiger partial charge is 0.231 e. The minimum atomic E-state index is 0.388. The van der Waals surface area contributed by atoms with Gasteiger partial charge in [-0.3, -0.25) is 5.10 Å². The number of likely N-dealkylation sites (N-methyl/N-ethyl adjacent to an activating group) is 1. The molecule has 9 nitrogen and oxygen atoms in total. The average Bonchev–Trinajstić information content (AvgIpc) is 3.59. The van der Waals surface area contributed by atoms with Crippen LogP contribution in [0.5, 0.6) is 0 Å². The van der Waals surface area contributed by atoms with Crippen LogP contribution in [0.1, 0.15) is 18.1 Å². The van der Waals surface area contributed by atoms with E-state index in [1.807, 2.05) is 36.4 Å². The largest absolute Gasteiger partial charge is 0.455 e. The standard InChI is InChI=1S/C24H27N7O2/c1-30-8-7-17(15-30)20-13-19-22(33-20)23(31-9-11-32-12-10-31)27-24(25-19)26-21-14-18(28-29-21)16-5-3-2-4-6-16/h2-6,13-14,17H,7-12,15H2,1H3,(H2,25,26,27,28,29). The lowest BCUT2D eigenvalue weighted by atomic mass is 10.1. The fourth-order valence-corrected chi connectivity index (χ4v) is 4.61. The summed E-state index contributed by atoms with van der Waals surface area (Å²) in [6, 6.07) is 14.1. The Balaban J connectivity index is 1.35. The fourth-order valence-electron chi connectivity index (χ4n) is 4.61. The summed E-state index contributed by atoms with van der Waals surface area (Å²) in [5.74, 6) is 3.44. The Morgan fingerprint density at radius 3 is 2.70 bits per heavy atom. The van der Waals surface area contributed by atoms with E-state index in [4.69, 9.17) is 19.1 Å². The highest BCUT2D eigenvalue weighted by Crippen LogP contribution is 2.35. The number of aromatic nitrogens is 4. The van der Waals surface area contributed by atoms with E-state index in [0.717, 1.165) is 72.4 Å². The summed E-state index contributed by atoms with van der Waals surface area (Å²) in [5, 5.41) is 10.8. The first kappa shape index (κ1) is 20.2. The summed E-state index contributed by atoms with van der Waals surface area (Å²) in [6.45, 7) is 4.99. The summed E-state index contributed by atoms with van der Waals surface area (Å²) >= 11 is 0. The predicted octanol–water partition coefficient (Wildman–Crippen LogP) is 3.61. The molecule has 2 aliphatic heterocycles. The number of anilines is 3. The molecular formula is C24H27N7O2. The molecule has 2 saturated heterocycles. The van der Waals surface area contributed by atoms with Crippen LogP contribution in [0, 0.1) is 0 Å². The van der Waals surface area contributed by atoms with Gasteiger partial charge in [-0.2, -0.15) is 10.1 Å². The maximum absolute atomic E-state index is 6.37. The summed E-state index contributed by atoms with van der Waals surface area (Å²) in [6.07, 6.45) is 1.10. The second-order valence-corrected chi connectivity index (χ2v) is 8.74. The quantitative estimate of drug-likeness (QED) is 0.481. The van der Waals surface area contributed by atoms with E-state index in [-0.39, 0.29) is 0 Å². The molecule has 2 fully saturated rings. The Morgan fingerprint density at radius 1 is 1.06 bits per heavy atom. The number of nitrogens with zero attached hydrogens (tertiary/aromatic N) is 5. The third-order valence-electron chi connectivity index (χ3n) is 6.37. The van der Waals surface area contributed by atoms with Crippen LogP contribution in [0.15, 0.2) is 46.9 Å². The molecule has 0 aliphatic carbocycles. The molecule has 5 heterocycles. The molecule has 4 aromatic rings. The van der Waals surface area contributed by atoms with Gasteiger partial charge in [0.05, 0.1) is 18.9 Å². The zero-order valence-corrected chi connectivity index (χ0v) is 18.6. The van der Waals surface area contributed by atoms with Crippen LogP contribution in [0.25, 0.3) is 22.4 Å². The minimum Gasteiger partial charge on any atom is -0.455 e. The van der Waals surface area contributed by atoms with Gasteiger partial charge in [-0.05, 0) is 20.0 Å². The van der Waals surface area contributed by atoms with Crippen molar-refractivity contribution in [2.75, 3.05) is 56.7 Å². The third-order valence-corrected chi connectivity index (χ3v) is 6.37. The number of aromatic amines is 1. The SMILES string of the molecule is CN1CCC(c2cc3nc(Nc4cc(-c5ccccc5)n[nH]4)nc(N4CCOCC4)c3o2)C1. The molecule has 0 saturated carbocycles. The molecule has 9 heteroatoms. The normalized spacial score (nSPS) is 19.4. The molecule has 3 aromatic heterocycles. The Labute approximate surface area is 191 Å². The summed E-state index contributed by atoms with van der Waals surface area (Å²) in [5.41, 5.74) is 3.49. The van der Waals surface area contributed by atoms with Crippen molar-refractivity contribution in [1.29, 1.82) is 0 Å². The van der Waals surface area contributed by atoms with Crippen molar-refractivity contribution in [3.05, 3.63) is 48.2 Å². The number of furan rings is 1. The van der Waals surface area contributed by atoms with Gasteiger partial charge >= 0.3 is 0 Å². The Hall–Kier alpha value is -3.43. The molecule has 2 aliphatic rings. The van der Waals surface area contributed by atoms with Crippen molar-refractivity contribution in [2.45, 2.75) is 12.3 Å². The average molecular weight is 446 g/mol. The molecule has 1 unspecified atom stereocenters. The van der Waals surface area contributed by atoms with E-state index in [2.05, 4.69) is 38.4 Å². The van der Waals surface area contributed by atoms with Crippen LogP contribution in [0.3, 0.4) is 0 Å². The monoisotopic (exact) mass is 445 g/mol. The van der Waals surface area contributed by atoms with Crippen molar-refractivity contribution < 1.29 is 9.15 Å². The first-order valence-corrected chi connectivity index (χ1v) is 11.4. The van der Waals surface area contributed by atoms with Gasteiger partial charge in [-0.25, -0.2) is 4.98 Å². The number of rotatable bonds is 5. The molecule has 1 aromatic carbocycles. The van der Waals surface area contributed by atoms with Gasteiger partial charge in [0, 0.05) is 43.2 Å². The second-order valence-electron chi connectivity index (χ2n) is 8.74. The number of hydrogen-bond acceptors (Lipinski definition) is 8. The van der Waals surface area contributed by atoms with Crippen LogP contribution in [-0.2, 0) is 4.74 Å². The number of likely N-dealkylation sites (tertiary alicyclic amines) is 1. The van der Waals surface area contributed by atoms with Crippen molar-refractivity contribution in [2.24, 2.45) is 0 Å². The van der Waals surface area contributed by atoms with E-state index in [0.29, 0.717) is 25.1 Å². The topological polar surface area (TPSA) is 95.3 Å². The van der Waals surface area contributed by atoms with Gasteiger partial charge in [0.2, 0.25) is 5.95 Å². The number of H-pyrrole nitrogens is 1. The van der Waals surface area contributed by atoms with E-state index in [9.17, 15) is 0 Å². The van der Waals surface area contributed by atoms with Crippen molar-refractivity contribution >= 4 is 28.7 Å². The molecular weight excluding hydrogens is 418 g/mol. The molecule has 0 radical (unpaired) electrons. The molecule has 2 N–H and O–H groups in total. The van der Waals surface area contributed by atoms with Gasteiger partial charge in [0.1, 0.15) is 17.1 Å². The lowest BCUT2D eigenvalue weighted by Crippen LogP contribution is -2.37. The third kappa shape index (κ3) is 4.05. The first-order chi connectivity index (χ1) is 16.2. The molecule has 0 amide bonds. The Morgan fingerprint density at radius 2 is 1.91 bits per heavy atom. The van der Waals surface area contributed by atoms with Gasteiger partial charge < -0.3 is 24.3 Å². The highest BCUT2D eigenvalue weighted by atomic mass is 16.5. The van der Waals surface area contributed by atoms with Gasteiger partial charge in [0.25, 0.3) is 0 Å². The van der Waals surface area contributed by atoms with E-state index < -0.39 is 0 Å². The van der Waals surface area contributed by atoms with Gasteiger partial charge in [0.15, 0.2) is 11.4 Å². The van der Waals surface area contributed by atoms with Crippen molar-refractivity contribution in [1.82, 2.24) is 25.1 Å². The zero-order chi connectivity index (χ0) is 22.2. The molecule has 33 heavy (non-hydrogen) atoms. The minimum absolute atomic E-state index is 0.388. The Bertz CT molecular complexity index is 1250. The highest BCUT2D eigenvalue weighted by molar-refractivity contribution is 5.86. The van der Waals surface area contributed by atoms with Crippen LogP contribution in [0.2, 0.25) is 0 Å². The lowest BCUT2D eigenvalue weighted by Gasteiger charge is -2.27. The molecule has 1 atom stereocenters. The van der Waals surface area contributed by atoms with E-state index in [1.54, 1.807) is 0 Å². The predicted molar refractivity (Wildman–Crippen MR) is 127 cm³/mol. The van der Waals surface area contributed by atoms with Crippen LogP contribution in [-0.4, -0.2) is 71.5 Å². The molecule has 0 spiro atoms. The number of nitrogens with one attached hydrogen (secondary N) is 2. The van der Waals surface area contributed by atoms with Crippen molar-refractivity contribution in [3.63, 3.8) is 0 Å². The van der Waals surface area contributed by atoms with Crippen LogP contribution in [0.4, 0.5) is 17.6 Å². The Kier molecular flexibility index (Phi) is 5.20. The number of hydrogen-bond donors (Lipinski definition) is 2. The zero-order valence-electron chi connectivity index (χ0n) is 18.6. The number of ether oxygens (including phenoxy) is 1.